The Bertz CT molecular complexity index is 448. The second-order valence-corrected chi connectivity index (χ2v) is 4.88. The topological polar surface area (TPSA) is 116 Å². The first kappa shape index (κ1) is 15.0. The maximum atomic E-state index is 11.4. The van der Waals surface area contributed by atoms with Crippen molar-refractivity contribution >= 4 is 17.4 Å². The van der Waals surface area contributed by atoms with Gasteiger partial charge >= 0.3 is 0 Å². The Balaban J connectivity index is 2.98. The van der Waals surface area contributed by atoms with Crippen molar-refractivity contribution in [1.29, 1.82) is 0 Å². The van der Waals surface area contributed by atoms with Gasteiger partial charge < -0.3 is 21.5 Å². The monoisotopic (exact) mass is 267 g/mol. The number of carbonyl (C=O) groups excluding carboxylic acids is 1. The summed E-state index contributed by atoms with van der Waals surface area (Å²) in [5.74, 6) is 0.197. The molecule has 0 saturated heterocycles. The summed E-state index contributed by atoms with van der Waals surface area (Å²) in [5.41, 5.74) is 11.5. The Morgan fingerprint density at radius 3 is 2.42 bits per heavy atom. The molecule has 1 unspecified atom stereocenters. The highest BCUT2D eigenvalue weighted by atomic mass is 16.5. The van der Waals surface area contributed by atoms with Crippen LogP contribution < -0.4 is 21.5 Å². The molecule has 0 bridgehead atoms. The highest BCUT2D eigenvalue weighted by molar-refractivity contribution is 5.84. The van der Waals surface area contributed by atoms with Crippen LogP contribution in [0.15, 0.2) is 6.33 Å². The molecule has 0 spiro atoms. The third-order valence-electron chi connectivity index (χ3n) is 2.46. The number of nitrogens with zero attached hydrogens (tertiary/aromatic N) is 2. The number of anilines is 2. The van der Waals surface area contributed by atoms with Gasteiger partial charge in [-0.05, 0) is 19.8 Å². The molecule has 1 atom stereocenters. The van der Waals surface area contributed by atoms with Gasteiger partial charge in [-0.2, -0.15) is 4.98 Å². The van der Waals surface area contributed by atoms with Crippen LogP contribution in [-0.4, -0.2) is 28.0 Å². The van der Waals surface area contributed by atoms with Gasteiger partial charge in [0.1, 0.15) is 18.1 Å². The maximum absolute atomic E-state index is 11.4. The fourth-order valence-electron chi connectivity index (χ4n) is 1.53. The lowest BCUT2D eigenvalue weighted by molar-refractivity contribution is -0.119. The Labute approximate surface area is 112 Å². The number of rotatable bonds is 6. The number of carbonyl (C=O) groups is 1. The number of primary amides is 1. The molecule has 1 amide bonds. The van der Waals surface area contributed by atoms with E-state index in [2.05, 4.69) is 15.3 Å². The number of aromatic nitrogens is 2. The minimum atomic E-state index is -0.552. The van der Waals surface area contributed by atoms with Crippen LogP contribution in [0.2, 0.25) is 0 Å². The van der Waals surface area contributed by atoms with Crippen LogP contribution in [0, 0.1) is 5.92 Å². The first-order valence-corrected chi connectivity index (χ1v) is 6.15. The molecule has 1 rings (SSSR count). The molecule has 0 aromatic carbocycles. The summed E-state index contributed by atoms with van der Waals surface area (Å²) in [6.45, 7) is 7.50. The van der Waals surface area contributed by atoms with E-state index in [1.807, 2.05) is 27.7 Å². The van der Waals surface area contributed by atoms with E-state index >= 15 is 0 Å². The molecule has 7 nitrogen and oxygen atoms in total. The van der Waals surface area contributed by atoms with E-state index in [1.165, 1.54) is 6.33 Å². The fraction of sp³-hybridized carbons (Fsp3) is 0.583. The summed E-state index contributed by atoms with van der Waals surface area (Å²) >= 11 is 0. The van der Waals surface area contributed by atoms with E-state index in [4.69, 9.17) is 16.2 Å². The normalized spacial score (nSPS) is 12.5. The minimum Gasteiger partial charge on any atom is -0.473 e. The van der Waals surface area contributed by atoms with E-state index in [9.17, 15) is 4.79 Å². The quantitative estimate of drug-likeness (QED) is 0.701. The predicted octanol–water partition coefficient (Wildman–Crippen LogP) is 0.768. The minimum absolute atomic E-state index is 0.0151. The Morgan fingerprint density at radius 2 is 1.95 bits per heavy atom. The van der Waals surface area contributed by atoms with Crippen molar-refractivity contribution in [2.75, 3.05) is 11.1 Å². The van der Waals surface area contributed by atoms with Gasteiger partial charge in [0.05, 0.1) is 6.10 Å². The smallest absolute Gasteiger partial charge is 0.242 e. The summed E-state index contributed by atoms with van der Waals surface area (Å²) in [5, 5.41) is 2.93. The van der Waals surface area contributed by atoms with Crippen LogP contribution in [0.4, 0.5) is 11.5 Å². The molecular weight excluding hydrogens is 246 g/mol. The number of nitrogens with one attached hydrogen (secondary N) is 1. The molecule has 0 fully saturated rings. The van der Waals surface area contributed by atoms with Crippen molar-refractivity contribution in [3.63, 3.8) is 0 Å². The summed E-state index contributed by atoms with van der Waals surface area (Å²) < 4.78 is 5.46. The van der Waals surface area contributed by atoms with Crippen LogP contribution in [0.3, 0.4) is 0 Å². The third kappa shape index (κ3) is 3.97. The van der Waals surface area contributed by atoms with Crippen molar-refractivity contribution in [1.82, 2.24) is 9.97 Å². The zero-order valence-corrected chi connectivity index (χ0v) is 11.7. The first-order valence-electron chi connectivity index (χ1n) is 6.15. The van der Waals surface area contributed by atoms with Gasteiger partial charge in [0.2, 0.25) is 11.8 Å². The molecule has 19 heavy (non-hydrogen) atoms. The van der Waals surface area contributed by atoms with Gasteiger partial charge in [-0.3, -0.25) is 4.79 Å². The van der Waals surface area contributed by atoms with Crippen LogP contribution in [0.25, 0.3) is 0 Å². The van der Waals surface area contributed by atoms with Crippen LogP contribution in [-0.2, 0) is 4.79 Å². The van der Waals surface area contributed by atoms with Gasteiger partial charge in [-0.15, -0.1) is 0 Å². The van der Waals surface area contributed by atoms with E-state index in [0.717, 1.165) is 0 Å². The molecule has 7 heteroatoms. The van der Waals surface area contributed by atoms with E-state index in [-0.39, 0.29) is 17.7 Å². The lowest BCUT2D eigenvalue weighted by Crippen LogP contribution is -2.40. The summed E-state index contributed by atoms with van der Waals surface area (Å²) in [6, 6.07) is -0.552. The lowest BCUT2D eigenvalue weighted by Gasteiger charge is -2.21. The number of nitrogen functional groups attached to an aromatic ring is 1. The molecule has 5 N–H and O–H groups in total. The van der Waals surface area contributed by atoms with Gasteiger partial charge in [-0.1, -0.05) is 13.8 Å². The molecule has 0 saturated carbocycles. The average Bonchev–Trinajstić information content (AvgIpc) is 2.28. The third-order valence-corrected chi connectivity index (χ3v) is 2.46. The second kappa shape index (κ2) is 6.21. The van der Waals surface area contributed by atoms with Gasteiger partial charge in [0.25, 0.3) is 0 Å². The Morgan fingerprint density at radius 1 is 1.32 bits per heavy atom. The summed E-state index contributed by atoms with van der Waals surface area (Å²) in [4.78, 5) is 19.3. The second-order valence-electron chi connectivity index (χ2n) is 4.88. The van der Waals surface area contributed by atoms with Crippen LogP contribution >= 0.6 is 0 Å². The van der Waals surface area contributed by atoms with Crippen LogP contribution in [0.1, 0.15) is 27.7 Å². The van der Waals surface area contributed by atoms with E-state index < -0.39 is 11.9 Å². The predicted molar refractivity (Wildman–Crippen MR) is 73.7 cm³/mol. The molecule has 0 radical (unpaired) electrons. The number of hydrogen-bond donors (Lipinski definition) is 3. The Hall–Kier alpha value is -2.05. The van der Waals surface area contributed by atoms with Gasteiger partial charge in [0, 0.05) is 0 Å². The zero-order chi connectivity index (χ0) is 14.6. The molecule has 0 aliphatic carbocycles. The molecular formula is C12H21N5O2. The van der Waals surface area contributed by atoms with Crippen molar-refractivity contribution in [3.05, 3.63) is 6.33 Å². The van der Waals surface area contributed by atoms with Crippen LogP contribution in [0.5, 0.6) is 5.88 Å². The summed E-state index contributed by atoms with van der Waals surface area (Å²) in [7, 11) is 0. The van der Waals surface area contributed by atoms with Gasteiger partial charge in [-0.25, -0.2) is 4.98 Å². The zero-order valence-electron chi connectivity index (χ0n) is 11.7. The molecule has 106 valence electrons. The highest BCUT2D eigenvalue weighted by Gasteiger charge is 2.22. The molecule has 1 aromatic rings. The molecule has 1 aromatic heterocycles. The highest BCUT2D eigenvalue weighted by Crippen LogP contribution is 2.26. The largest absolute Gasteiger partial charge is 0.473 e. The van der Waals surface area contributed by atoms with Crippen molar-refractivity contribution in [2.45, 2.75) is 39.8 Å². The van der Waals surface area contributed by atoms with Crippen molar-refractivity contribution in [2.24, 2.45) is 11.7 Å². The number of hydrogen-bond acceptors (Lipinski definition) is 6. The SMILES string of the molecule is CC(C)Oc1ncnc(NC(C(N)=O)C(C)C)c1N. The average molecular weight is 267 g/mol. The molecule has 0 aliphatic heterocycles. The Kier molecular flexibility index (Phi) is 4.91. The number of ether oxygens (including phenoxy) is 1. The summed E-state index contributed by atoms with van der Waals surface area (Å²) in [6.07, 6.45) is 1.27. The van der Waals surface area contributed by atoms with Gasteiger partial charge in [0.15, 0.2) is 5.82 Å². The first-order chi connectivity index (χ1) is 8.82. The maximum Gasteiger partial charge on any atom is 0.242 e. The van der Waals surface area contributed by atoms with Crippen molar-refractivity contribution in [3.8, 4) is 5.88 Å². The molecule has 0 aliphatic rings. The number of nitrogens with two attached hydrogens (primary N) is 2. The fourth-order valence-corrected chi connectivity index (χ4v) is 1.53. The standard InChI is InChI=1S/C12H21N5O2/c1-6(2)9(10(14)18)17-11-8(13)12(16-5-15-11)19-7(3)4/h5-7,9H,13H2,1-4H3,(H2,14,18)(H,15,16,17). The lowest BCUT2D eigenvalue weighted by atomic mass is 10.0. The molecule has 1 heterocycles. The number of amides is 1. The van der Waals surface area contributed by atoms with E-state index in [0.29, 0.717) is 11.7 Å². The van der Waals surface area contributed by atoms with E-state index in [1.54, 1.807) is 0 Å². The van der Waals surface area contributed by atoms with Crippen molar-refractivity contribution < 1.29 is 9.53 Å².